The van der Waals surface area contributed by atoms with E-state index in [0.717, 1.165) is 25.9 Å². The summed E-state index contributed by atoms with van der Waals surface area (Å²) in [5, 5.41) is 11.4. The summed E-state index contributed by atoms with van der Waals surface area (Å²) >= 11 is 5.78. The van der Waals surface area contributed by atoms with Gasteiger partial charge in [0.25, 0.3) is 5.69 Å². The molecule has 0 unspecified atom stereocenters. The maximum absolute atomic E-state index is 11.0. The predicted molar refractivity (Wildman–Crippen MR) is 67.5 cm³/mol. The number of hydrogen-bond acceptors (Lipinski definition) is 4. The Hall–Kier alpha value is -1.33. The van der Waals surface area contributed by atoms with Crippen LogP contribution in [-0.2, 0) is 0 Å². The molecule has 0 atom stereocenters. The van der Waals surface area contributed by atoms with Gasteiger partial charge in [-0.05, 0) is 25.0 Å². The summed E-state index contributed by atoms with van der Waals surface area (Å²) in [5.41, 5.74) is 6.51. The van der Waals surface area contributed by atoms with E-state index in [9.17, 15) is 10.1 Å². The molecule has 0 aliphatic carbocycles. The average Bonchev–Trinajstić information content (AvgIpc) is 2.30. The van der Waals surface area contributed by atoms with E-state index in [0.29, 0.717) is 10.7 Å². The lowest BCUT2D eigenvalue weighted by Gasteiger charge is -2.31. The van der Waals surface area contributed by atoms with Crippen molar-refractivity contribution in [3.8, 4) is 0 Å². The highest BCUT2D eigenvalue weighted by Crippen LogP contribution is 2.32. The van der Waals surface area contributed by atoms with Crippen LogP contribution >= 0.6 is 11.6 Å². The minimum atomic E-state index is -0.393. The summed E-state index contributed by atoms with van der Waals surface area (Å²) in [6.45, 7) is 1.51. The molecule has 2 N–H and O–H groups in total. The highest BCUT2D eigenvalue weighted by molar-refractivity contribution is 6.30. The number of benzene rings is 1. The topological polar surface area (TPSA) is 72.4 Å². The molecule has 1 aliphatic rings. The van der Waals surface area contributed by atoms with Crippen molar-refractivity contribution in [1.29, 1.82) is 0 Å². The second kappa shape index (κ2) is 4.89. The van der Waals surface area contributed by atoms with Crippen LogP contribution in [0.3, 0.4) is 0 Å². The van der Waals surface area contributed by atoms with Gasteiger partial charge in [0.05, 0.1) is 4.92 Å². The summed E-state index contributed by atoms with van der Waals surface area (Å²) < 4.78 is 0. The fourth-order valence-corrected chi connectivity index (χ4v) is 2.22. The Balaban J connectivity index is 2.28. The zero-order valence-electron chi connectivity index (χ0n) is 9.30. The van der Waals surface area contributed by atoms with Gasteiger partial charge in [0.1, 0.15) is 5.69 Å². The molecule has 1 aromatic rings. The molecule has 17 heavy (non-hydrogen) atoms. The van der Waals surface area contributed by atoms with E-state index in [2.05, 4.69) is 0 Å². The van der Waals surface area contributed by atoms with Crippen molar-refractivity contribution in [2.75, 3.05) is 18.0 Å². The Morgan fingerprint density at radius 3 is 2.65 bits per heavy atom. The SMILES string of the molecule is NC1CCN(c2ccc(Cl)cc2[N+](=O)[O-])CC1. The summed E-state index contributed by atoms with van der Waals surface area (Å²) in [6.07, 6.45) is 1.72. The van der Waals surface area contributed by atoms with Crippen LogP contribution < -0.4 is 10.6 Å². The lowest BCUT2D eigenvalue weighted by molar-refractivity contribution is -0.384. The highest BCUT2D eigenvalue weighted by atomic mass is 35.5. The number of halogens is 1. The van der Waals surface area contributed by atoms with E-state index in [1.807, 2.05) is 4.90 Å². The zero-order valence-corrected chi connectivity index (χ0v) is 10.1. The van der Waals surface area contributed by atoms with Gasteiger partial charge < -0.3 is 10.6 Å². The molecule has 0 bridgehead atoms. The van der Waals surface area contributed by atoms with Crippen molar-refractivity contribution in [3.05, 3.63) is 33.3 Å². The first-order valence-electron chi connectivity index (χ1n) is 5.52. The molecule has 0 aromatic heterocycles. The van der Waals surface area contributed by atoms with Crippen LogP contribution in [0.1, 0.15) is 12.8 Å². The van der Waals surface area contributed by atoms with Gasteiger partial charge in [-0.2, -0.15) is 0 Å². The Labute approximate surface area is 104 Å². The van der Waals surface area contributed by atoms with Crippen LogP contribution in [0.5, 0.6) is 0 Å². The lowest BCUT2D eigenvalue weighted by Crippen LogP contribution is -2.39. The first-order valence-corrected chi connectivity index (χ1v) is 5.90. The molecule has 0 spiro atoms. The minimum absolute atomic E-state index is 0.0629. The number of nitro benzene ring substituents is 1. The first-order chi connectivity index (χ1) is 8.08. The molecular formula is C11H14ClN3O2. The molecular weight excluding hydrogens is 242 g/mol. The molecule has 5 nitrogen and oxygen atoms in total. The fraction of sp³-hybridized carbons (Fsp3) is 0.455. The van der Waals surface area contributed by atoms with Crippen molar-refractivity contribution in [1.82, 2.24) is 0 Å². The van der Waals surface area contributed by atoms with Crippen molar-refractivity contribution < 1.29 is 4.92 Å². The Morgan fingerprint density at radius 1 is 1.41 bits per heavy atom. The Bertz CT molecular complexity index is 431. The molecule has 1 saturated heterocycles. The number of nitro groups is 1. The maximum atomic E-state index is 11.0. The minimum Gasteiger partial charge on any atom is -0.366 e. The summed E-state index contributed by atoms with van der Waals surface area (Å²) in [7, 11) is 0. The average molecular weight is 256 g/mol. The summed E-state index contributed by atoms with van der Waals surface area (Å²) in [4.78, 5) is 12.6. The van der Waals surface area contributed by atoms with Crippen LogP contribution in [0.2, 0.25) is 5.02 Å². The smallest absolute Gasteiger partial charge is 0.294 e. The van der Waals surface area contributed by atoms with Crippen LogP contribution in [0.15, 0.2) is 18.2 Å². The van der Waals surface area contributed by atoms with E-state index in [1.165, 1.54) is 6.07 Å². The normalized spacial score (nSPS) is 17.2. The van der Waals surface area contributed by atoms with Gasteiger partial charge in [0.2, 0.25) is 0 Å². The van der Waals surface area contributed by atoms with Crippen LogP contribution in [0, 0.1) is 10.1 Å². The molecule has 6 heteroatoms. The monoisotopic (exact) mass is 255 g/mol. The van der Waals surface area contributed by atoms with E-state index in [4.69, 9.17) is 17.3 Å². The van der Waals surface area contributed by atoms with E-state index in [1.54, 1.807) is 12.1 Å². The highest BCUT2D eigenvalue weighted by Gasteiger charge is 2.23. The first kappa shape index (κ1) is 12.1. The van der Waals surface area contributed by atoms with Crippen molar-refractivity contribution in [3.63, 3.8) is 0 Å². The molecule has 92 valence electrons. The van der Waals surface area contributed by atoms with Gasteiger partial charge in [0, 0.05) is 30.2 Å². The third-order valence-corrected chi connectivity index (χ3v) is 3.25. The summed E-state index contributed by atoms with van der Waals surface area (Å²) in [6, 6.07) is 4.99. The molecule has 2 rings (SSSR count). The molecule has 1 fully saturated rings. The van der Waals surface area contributed by atoms with E-state index >= 15 is 0 Å². The van der Waals surface area contributed by atoms with Gasteiger partial charge in [-0.1, -0.05) is 11.6 Å². The van der Waals surface area contributed by atoms with E-state index < -0.39 is 4.92 Å². The van der Waals surface area contributed by atoms with Crippen molar-refractivity contribution >= 4 is 23.0 Å². The predicted octanol–water partition coefficient (Wildman–Crippen LogP) is 2.18. The number of nitrogens with zero attached hydrogens (tertiary/aromatic N) is 2. The maximum Gasteiger partial charge on any atom is 0.294 e. The largest absolute Gasteiger partial charge is 0.366 e. The molecule has 1 heterocycles. The quantitative estimate of drug-likeness (QED) is 0.649. The molecule has 0 saturated carbocycles. The van der Waals surface area contributed by atoms with Crippen molar-refractivity contribution in [2.24, 2.45) is 5.73 Å². The summed E-state index contributed by atoms with van der Waals surface area (Å²) in [5.74, 6) is 0. The zero-order chi connectivity index (χ0) is 12.4. The second-order valence-electron chi connectivity index (χ2n) is 4.21. The second-order valence-corrected chi connectivity index (χ2v) is 4.65. The number of rotatable bonds is 2. The third kappa shape index (κ3) is 2.68. The van der Waals surface area contributed by atoms with Gasteiger partial charge in [-0.25, -0.2) is 0 Å². The van der Waals surface area contributed by atoms with Crippen LogP contribution in [-0.4, -0.2) is 24.1 Å². The number of anilines is 1. The molecule has 1 aliphatic heterocycles. The van der Waals surface area contributed by atoms with Gasteiger partial charge in [0.15, 0.2) is 0 Å². The lowest BCUT2D eigenvalue weighted by atomic mass is 10.1. The fourth-order valence-electron chi connectivity index (χ4n) is 2.05. The standard InChI is InChI=1S/C11H14ClN3O2/c12-8-1-2-10(11(7-8)15(16)17)14-5-3-9(13)4-6-14/h1-2,7,9H,3-6,13H2. The van der Waals surface area contributed by atoms with Crippen LogP contribution in [0.4, 0.5) is 11.4 Å². The molecule has 0 radical (unpaired) electrons. The number of hydrogen-bond donors (Lipinski definition) is 1. The van der Waals surface area contributed by atoms with E-state index in [-0.39, 0.29) is 11.7 Å². The number of piperidine rings is 1. The Kier molecular flexibility index (Phi) is 3.49. The third-order valence-electron chi connectivity index (χ3n) is 3.01. The molecule has 1 aromatic carbocycles. The van der Waals surface area contributed by atoms with Crippen LogP contribution in [0.25, 0.3) is 0 Å². The van der Waals surface area contributed by atoms with Gasteiger partial charge in [-0.15, -0.1) is 0 Å². The van der Waals surface area contributed by atoms with Gasteiger partial charge >= 0.3 is 0 Å². The van der Waals surface area contributed by atoms with Gasteiger partial charge in [-0.3, -0.25) is 10.1 Å². The van der Waals surface area contributed by atoms with Crippen molar-refractivity contribution in [2.45, 2.75) is 18.9 Å². The Morgan fingerprint density at radius 2 is 2.06 bits per heavy atom. The molecule has 0 amide bonds. The number of nitrogens with two attached hydrogens (primary N) is 1.